The highest BCUT2D eigenvalue weighted by Gasteiger charge is 2.27. The van der Waals surface area contributed by atoms with Gasteiger partial charge in [-0.25, -0.2) is 0 Å². The van der Waals surface area contributed by atoms with Gasteiger partial charge >= 0.3 is 5.97 Å². The SMILES string of the molecule is CC(CN(C)C(=O)CCC1Cc2ccccc2NC1=O)C(=O)O. The van der Waals surface area contributed by atoms with E-state index in [0.717, 1.165) is 11.3 Å². The highest BCUT2D eigenvalue weighted by molar-refractivity contribution is 5.96. The molecule has 0 aromatic heterocycles. The molecular formula is C17H22N2O4. The fourth-order valence-corrected chi connectivity index (χ4v) is 2.73. The highest BCUT2D eigenvalue weighted by Crippen LogP contribution is 2.27. The molecule has 0 saturated heterocycles. The summed E-state index contributed by atoms with van der Waals surface area (Å²) in [6.45, 7) is 1.74. The van der Waals surface area contributed by atoms with Gasteiger partial charge in [0.05, 0.1) is 5.92 Å². The molecule has 2 unspecified atom stereocenters. The van der Waals surface area contributed by atoms with E-state index in [1.54, 1.807) is 14.0 Å². The molecule has 0 aliphatic carbocycles. The summed E-state index contributed by atoms with van der Waals surface area (Å²) >= 11 is 0. The molecule has 2 amide bonds. The molecule has 1 aromatic carbocycles. The lowest BCUT2D eigenvalue weighted by Crippen LogP contribution is -2.35. The molecule has 1 aliphatic heterocycles. The summed E-state index contributed by atoms with van der Waals surface area (Å²) in [4.78, 5) is 36.4. The first-order valence-electron chi connectivity index (χ1n) is 7.74. The van der Waals surface area contributed by atoms with E-state index in [1.165, 1.54) is 4.90 Å². The van der Waals surface area contributed by atoms with Crippen molar-refractivity contribution in [3.63, 3.8) is 0 Å². The van der Waals surface area contributed by atoms with E-state index in [1.807, 2.05) is 24.3 Å². The zero-order valence-electron chi connectivity index (χ0n) is 13.4. The number of rotatable bonds is 6. The number of nitrogens with zero attached hydrogens (tertiary/aromatic N) is 1. The maximum absolute atomic E-state index is 12.1. The number of nitrogens with one attached hydrogen (secondary N) is 1. The molecular weight excluding hydrogens is 296 g/mol. The maximum atomic E-state index is 12.1. The van der Waals surface area contributed by atoms with Crippen molar-refractivity contribution in [2.75, 3.05) is 18.9 Å². The van der Waals surface area contributed by atoms with Crippen LogP contribution < -0.4 is 5.32 Å². The number of aliphatic carboxylic acids is 1. The second kappa shape index (κ2) is 7.26. The van der Waals surface area contributed by atoms with Crippen molar-refractivity contribution in [2.24, 2.45) is 11.8 Å². The predicted octanol–water partition coefficient (Wildman–Crippen LogP) is 1.76. The Kier molecular flexibility index (Phi) is 5.36. The van der Waals surface area contributed by atoms with Gasteiger partial charge in [0.2, 0.25) is 11.8 Å². The van der Waals surface area contributed by atoms with Gasteiger partial charge in [0, 0.05) is 31.6 Å². The molecule has 0 radical (unpaired) electrons. The van der Waals surface area contributed by atoms with Crippen LogP contribution in [0.25, 0.3) is 0 Å². The van der Waals surface area contributed by atoms with Crippen molar-refractivity contribution in [3.05, 3.63) is 29.8 Å². The van der Waals surface area contributed by atoms with E-state index in [4.69, 9.17) is 5.11 Å². The van der Waals surface area contributed by atoms with Crippen LogP contribution in [0.5, 0.6) is 0 Å². The van der Waals surface area contributed by atoms with E-state index in [2.05, 4.69) is 5.32 Å². The van der Waals surface area contributed by atoms with Crippen LogP contribution in [-0.4, -0.2) is 41.4 Å². The largest absolute Gasteiger partial charge is 0.481 e. The Morgan fingerprint density at radius 2 is 2.09 bits per heavy atom. The van der Waals surface area contributed by atoms with Gasteiger partial charge in [-0.2, -0.15) is 0 Å². The Bertz CT molecular complexity index is 614. The smallest absolute Gasteiger partial charge is 0.308 e. The number of carbonyl (C=O) groups excluding carboxylic acids is 2. The van der Waals surface area contributed by atoms with Crippen molar-refractivity contribution in [3.8, 4) is 0 Å². The molecule has 1 aromatic rings. The van der Waals surface area contributed by atoms with Gasteiger partial charge < -0.3 is 15.3 Å². The first kappa shape index (κ1) is 17.0. The fraction of sp³-hybridized carbons (Fsp3) is 0.471. The van der Waals surface area contributed by atoms with Gasteiger partial charge in [-0.1, -0.05) is 25.1 Å². The second-order valence-corrected chi connectivity index (χ2v) is 6.10. The summed E-state index contributed by atoms with van der Waals surface area (Å²) in [6.07, 6.45) is 1.33. The van der Waals surface area contributed by atoms with E-state index in [9.17, 15) is 14.4 Å². The zero-order chi connectivity index (χ0) is 17.0. The molecule has 1 heterocycles. The average Bonchev–Trinajstić information content (AvgIpc) is 2.52. The normalized spacial score (nSPS) is 17.8. The Labute approximate surface area is 135 Å². The highest BCUT2D eigenvalue weighted by atomic mass is 16.4. The molecule has 6 nitrogen and oxygen atoms in total. The molecule has 0 spiro atoms. The van der Waals surface area contributed by atoms with E-state index in [-0.39, 0.29) is 30.7 Å². The standard InChI is InChI=1S/C17H22N2O4/c1-11(17(22)23)10-19(2)15(20)8-7-13-9-12-5-3-4-6-14(12)18-16(13)21/h3-6,11,13H,7-10H2,1-2H3,(H,18,21)(H,22,23). The molecule has 0 saturated carbocycles. The van der Waals surface area contributed by atoms with Crippen LogP contribution in [0.15, 0.2) is 24.3 Å². The van der Waals surface area contributed by atoms with E-state index < -0.39 is 11.9 Å². The first-order valence-corrected chi connectivity index (χ1v) is 7.74. The number of carboxylic acid groups (broad SMARTS) is 1. The molecule has 2 N–H and O–H groups in total. The van der Waals surface area contributed by atoms with E-state index in [0.29, 0.717) is 12.8 Å². The summed E-state index contributed by atoms with van der Waals surface area (Å²) < 4.78 is 0. The number of hydrogen-bond donors (Lipinski definition) is 2. The number of anilines is 1. The Morgan fingerprint density at radius 3 is 2.78 bits per heavy atom. The third-order valence-corrected chi connectivity index (χ3v) is 4.21. The number of fused-ring (bicyclic) bond motifs is 1. The summed E-state index contributed by atoms with van der Waals surface area (Å²) in [5, 5.41) is 11.8. The molecule has 6 heteroatoms. The Morgan fingerprint density at radius 1 is 1.39 bits per heavy atom. The van der Waals surface area contributed by atoms with E-state index >= 15 is 0 Å². The summed E-state index contributed by atoms with van der Waals surface area (Å²) in [6, 6.07) is 7.65. The Balaban J connectivity index is 1.87. The van der Waals surface area contributed by atoms with Gasteiger partial charge in [0.15, 0.2) is 0 Å². The molecule has 0 bridgehead atoms. The number of hydrogen-bond acceptors (Lipinski definition) is 3. The summed E-state index contributed by atoms with van der Waals surface area (Å²) in [7, 11) is 1.60. The number of carboxylic acids is 1. The van der Waals surface area contributed by atoms with Crippen LogP contribution >= 0.6 is 0 Å². The third kappa shape index (κ3) is 4.31. The topological polar surface area (TPSA) is 86.7 Å². The van der Waals surface area contributed by atoms with Gasteiger partial charge in [-0.3, -0.25) is 14.4 Å². The van der Waals surface area contributed by atoms with Crippen LogP contribution in [0.3, 0.4) is 0 Å². The number of para-hydroxylation sites is 1. The number of benzene rings is 1. The van der Waals surface area contributed by atoms with Crippen molar-refractivity contribution < 1.29 is 19.5 Å². The number of amides is 2. The lowest BCUT2D eigenvalue weighted by Gasteiger charge is -2.25. The first-order chi connectivity index (χ1) is 10.9. The van der Waals surface area contributed by atoms with Crippen LogP contribution in [0, 0.1) is 11.8 Å². The molecule has 23 heavy (non-hydrogen) atoms. The predicted molar refractivity (Wildman–Crippen MR) is 85.9 cm³/mol. The molecule has 0 fully saturated rings. The van der Waals surface area contributed by atoms with Gasteiger partial charge in [0.1, 0.15) is 0 Å². The average molecular weight is 318 g/mol. The monoisotopic (exact) mass is 318 g/mol. The minimum atomic E-state index is -0.923. The van der Waals surface area contributed by atoms with Crippen LogP contribution in [0.2, 0.25) is 0 Å². The minimum absolute atomic E-state index is 0.0574. The molecule has 124 valence electrons. The van der Waals surface area contributed by atoms with Crippen molar-refractivity contribution in [1.82, 2.24) is 4.90 Å². The number of carbonyl (C=O) groups is 3. The Hall–Kier alpha value is -2.37. The maximum Gasteiger partial charge on any atom is 0.308 e. The molecule has 1 aliphatic rings. The van der Waals surface area contributed by atoms with Crippen molar-refractivity contribution >= 4 is 23.5 Å². The van der Waals surface area contributed by atoms with Gasteiger partial charge in [-0.15, -0.1) is 0 Å². The lowest BCUT2D eigenvalue weighted by atomic mass is 9.89. The zero-order valence-corrected chi connectivity index (χ0v) is 13.4. The van der Waals surface area contributed by atoms with Gasteiger partial charge in [-0.05, 0) is 24.5 Å². The molecule has 2 rings (SSSR count). The van der Waals surface area contributed by atoms with Gasteiger partial charge in [0.25, 0.3) is 0 Å². The van der Waals surface area contributed by atoms with Crippen LogP contribution in [0.1, 0.15) is 25.3 Å². The van der Waals surface area contributed by atoms with Crippen LogP contribution in [-0.2, 0) is 20.8 Å². The third-order valence-electron chi connectivity index (χ3n) is 4.21. The molecule has 2 atom stereocenters. The quantitative estimate of drug-likeness (QED) is 0.836. The van der Waals surface area contributed by atoms with Crippen LogP contribution in [0.4, 0.5) is 5.69 Å². The second-order valence-electron chi connectivity index (χ2n) is 6.10. The summed E-state index contributed by atoms with van der Waals surface area (Å²) in [5.74, 6) is -1.94. The van der Waals surface area contributed by atoms with Crippen molar-refractivity contribution in [2.45, 2.75) is 26.2 Å². The van der Waals surface area contributed by atoms with Crippen molar-refractivity contribution in [1.29, 1.82) is 0 Å². The minimum Gasteiger partial charge on any atom is -0.481 e. The summed E-state index contributed by atoms with van der Waals surface area (Å²) in [5.41, 5.74) is 1.92. The fourth-order valence-electron chi connectivity index (χ4n) is 2.73. The lowest BCUT2D eigenvalue weighted by molar-refractivity contribution is -0.142.